The standard InChI is InChI=1S/C20H14F4N6O/c1-29-10-16-17(13-4-2-3-5-15(13)29)25-28-30(16)9-12-7-6-11(8-14(12)21)18-26-27-19(31-18)20(22,23)24/h2-8H,9-10H2,1H3. The van der Waals surface area contributed by atoms with E-state index in [2.05, 4.69) is 29.8 Å². The highest BCUT2D eigenvalue weighted by Gasteiger charge is 2.38. The molecule has 0 bridgehead atoms. The van der Waals surface area contributed by atoms with Gasteiger partial charge >= 0.3 is 12.1 Å². The predicted octanol–water partition coefficient (Wildman–Crippen LogP) is 4.15. The summed E-state index contributed by atoms with van der Waals surface area (Å²) in [6, 6.07) is 11.8. The number of nitrogens with zero attached hydrogens (tertiary/aromatic N) is 6. The Morgan fingerprint density at radius 3 is 2.61 bits per heavy atom. The van der Waals surface area contributed by atoms with Crippen molar-refractivity contribution in [3.05, 3.63) is 65.4 Å². The second-order valence-electron chi connectivity index (χ2n) is 7.13. The largest absolute Gasteiger partial charge is 0.470 e. The van der Waals surface area contributed by atoms with Crippen molar-refractivity contribution in [1.29, 1.82) is 0 Å². The molecular weight excluding hydrogens is 416 g/mol. The van der Waals surface area contributed by atoms with Gasteiger partial charge < -0.3 is 9.32 Å². The first kappa shape index (κ1) is 19.2. The number of alkyl halides is 3. The monoisotopic (exact) mass is 430 g/mol. The predicted molar refractivity (Wildman–Crippen MR) is 101 cm³/mol. The average molecular weight is 430 g/mol. The fourth-order valence-corrected chi connectivity index (χ4v) is 3.57. The Hall–Kier alpha value is -3.76. The molecule has 4 aromatic rings. The fourth-order valence-electron chi connectivity index (χ4n) is 3.57. The Bertz CT molecular complexity index is 1280. The number of hydrogen-bond donors (Lipinski definition) is 0. The number of anilines is 1. The van der Waals surface area contributed by atoms with E-state index in [0.717, 1.165) is 28.7 Å². The van der Waals surface area contributed by atoms with E-state index in [0.29, 0.717) is 12.1 Å². The Labute approximate surface area is 172 Å². The average Bonchev–Trinajstić information content (AvgIpc) is 3.38. The van der Waals surface area contributed by atoms with Gasteiger partial charge in [-0.25, -0.2) is 9.07 Å². The Morgan fingerprint density at radius 2 is 1.87 bits per heavy atom. The summed E-state index contributed by atoms with van der Waals surface area (Å²) in [7, 11) is 1.95. The van der Waals surface area contributed by atoms with Crippen molar-refractivity contribution in [2.24, 2.45) is 0 Å². The molecule has 1 aliphatic heterocycles. The Morgan fingerprint density at radius 1 is 1.06 bits per heavy atom. The van der Waals surface area contributed by atoms with Gasteiger partial charge in [-0.2, -0.15) is 13.2 Å². The summed E-state index contributed by atoms with van der Waals surface area (Å²) in [5.41, 5.74) is 3.93. The number of aromatic nitrogens is 5. The highest BCUT2D eigenvalue weighted by atomic mass is 19.4. The van der Waals surface area contributed by atoms with E-state index in [1.165, 1.54) is 12.1 Å². The third kappa shape index (κ3) is 3.31. The first-order valence-corrected chi connectivity index (χ1v) is 9.23. The maximum absolute atomic E-state index is 14.7. The lowest BCUT2D eigenvalue weighted by molar-refractivity contribution is -0.156. The van der Waals surface area contributed by atoms with Crippen molar-refractivity contribution in [3.63, 3.8) is 0 Å². The SMILES string of the molecule is CN1Cc2c(nnn2Cc2ccc(-c3nnc(C(F)(F)F)o3)cc2F)-c2ccccc21. The summed E-state index contributed by atoms with van der Waals surface area (Å²) in [5.74, 6) is -2.52. The third-order valence-corrected chi connectivity index (χ3v) is 5.08. The molecule has 0 amide bonds. The Balaban J connectivity index is 1.44. The third-order valence-electron chi connectivity index (χ3n) is 5.08. The van der Waals surface area contributed by atoms with Gasteiger partial charge in [-0.3, -0.25) is 0 Å². The molecule has 0 radical (unpaired) electrons. The molecular formula is C20H14F4N6O. The molecule has 7 nitrogen and oxygen atoms in total. The van der Waals surface area contributed by atoms with Gasteiger partial charge in [-0.1, -0.05) is 29.5 Å². The van der Waals surface area contributed by atoms with E-state index in [1.807, 2.05) is 31.3 Å². The molecule has 0 saturated heterocycles. The smallest absolute Gasteiger partial charge is 0.413 e. The van der Waals surface area contributed by atoms with Crippen molar-refractivity contribution in [2.45, 2.75) is 19.3 Å². The van der Waals surface area contributed by atoms with Crippen LogP contribution in [0.3, 0.4) is 0 Å². The number of fused-ring (bicyclic) bond motifs is 3. The molecule has 0 aliphatic carbocycles. The van der Waals surface area contributed by atoms with E-state index < -0.39 is 23.8 Å². The lowest BCUT2D eigenvalue weighted by Gasteiger charge is -2.27. The molecule has 11 heteroatoms. The van der Waals surface area contributed by atoms with E-state index >= 15 is 0 Å². The van der Waals surface area contributed by atoms with Crippen LogP contribution in [0.1, 0.15) is 17.1 Å². The first-order chi connectivity index (χ1) is 14.8. The van der Waals surface area contributed by atoms with Crippen molar-refractivity contribution in [1.82, 2.24) is 25.2 Å². The molecule has 0 saturated carbocycles. The van der Waals surface area contributed by atoms with Gasteiger partial charge in [0.25, 0.3) is 0 Å². The molecule has 0 fully saturated rings. The van der Waals surface area contributed by atoms with Crippen LogP contribution in [0.25, 0.3) is 22.7 Å². The first-order valence-electron chi connectivity index (χ1n) is 9.23. The van der Waals surface area contributed by atoms with Crippen LogP contribution >= 0.6 is 0 Å². The van der Waals surface area contributed by atoms with Gasteiger partial charge in [0, 0.05) is 29.4 Å². The van der Waals surface area contributed by atoms with Crippen LogP contribution in [-0.2, 0) is 19.3 Å². The van der Waals surface area contributed by atoms with Crippen LogP contribution in [0.2, 0.25) is 0 Å². The molecule has 31 heavy (non-hydrogen) atoms. The normalized spacial score (nSPS) is 13.3. The van der Waals surface area contributed by atoms with E-state index in [4.69, 9.17) is 0 Å². The molecule has 0 spiro atoms. The maximum atomic E-state index is 14.7. The highest BCUT2D eigenvalue weighted by Crippen LogP contribution is 2.37. The lowest BCUT2D eigenvalue weighted by atomic mass is 10.0. The summed E-state index contributed by atoms with van der Waals surface area (Å²) in [5, 5.41) is 14.8. The number of rotatable bonds is 3. The molecule has 0 atom stereocenters. The minimum atomic E-state index is -4.76. The highest BCUT2D eigenvalue weighted by molar-refractivity contribution is 5.80. The maximum Gasteiger partial charge on any atom is 0.470 e. The van der Waals surface area contributed by atoms with Gasteiger partial charge in [0.05, 0.1) is 18.8 Å². The van der Waals surface area contributed by atoms with Gasteiger partial charge in [-0.05, 0) is 18.2 Å². The van der Waals surface area contributed by atoms with Crippen molar-refractivity contribution in [3.8, 4) is 22.7 Å². The molecule has 0 N–H and O–H groups in total. The molecule has 0 unspecified atom stereocenters. The van der Waals surface area contributed by atoms with E-state index in [9.17, 15) is 17.6 Å². The lowest BCUT2D eigenvalue weighted by Crippen LogP contribution is -2.24. The molecule has 3 heterocycles. The second kappa shape index (κ2) is 6.89. The second-order valence-corrected chi connectivity index (χ2v) is 7.13. The summed E-state index contributed by atoms with van der Waals surface area (Å²) in [4.78, 5) is 2.06. The topological polar surface area (TPSA) is 72.9 Å². The van der Waals surface area contributed by atoms with Crippen LogP contribution in [0.5, 0.6) is 0 Å². The van der Waals surface area contributed by atoms with Gasteiger partial charge in [0.1, 0.15) is 11.5 Å². The van der Waals surface area contributed by atoms with E-state index in [1.54, 1.807) is 4.68 Å². The number of hydrogen-bond acceptors (Lipinski definition) is 6. The van der Waals surface area contributed by atoms with Gasteiger partial charge in [0.2, 0.25) is 5.89 Å². The Kier molecular flexibility index (Phi) is 4.27. The number of halogens is 4. The van der Waals surface area contributed by atoms with Crippen molar-refractivity contribution in [2.75, 3.05) is 11.9 Å². The number of para-hydroxylation sites is 1. The summed E-state index contributed by atoms with van der Waals surface area (Å²) >= 11 is 0. The molecule has 1 aliphatic rings. The van der Waals surface area contributed by atoms with Crippen LogP contribution in [0.15, 0.2) is 46.9 Å². The number of benzene rings is 2. The van der Waals surface area contributed by atoms with Crippen LogP contribution in [0.4, 0.5) is 23.2 Å². The molecule has 2 aromatic carbocycles. The van der Waals surface area contributed by atoms with Crippen LogP contribution in [-0.4, -0.2) is 32.2 Å². The summed E-state index contributed by atoms with van der Waals surface area (Å²) in [6.07, 6.45) is -4.76. The fraction of sp³-hybridized carbons (Fsp3) is 0.200. The quantitative estimate of drug-likeness (QED) is 0.455. The molecule has 158 valence electrons. The van der Waals surface area contributed by atoms with Crippen LogP contribution in [0, 0.1) is 5.82 Å². The van der Waals surface area contributed by atoms with Crippen molar-refractivity contribution < 1.29 is 22.0 Å². The van der Waals surface area contributed by atoms with E-state index in [-0.39, 0.29) is 12.1 Å². The molecule has 2 aromatic heterocycles. The van der Waals surface area contributed by atoms with Crippen molar-refractivity contribution >= 4 is 5.69 Å². The van der Waals surface area contributed by atoms with Gasteiger partial charge in [0.15, 0.2) is 0 Å². The minimum absolute atomic E-state index is 0.0542. The summed E-state index contributed by atoms with van der Waals surface area (Å²) < 4.78 is 58.9. The zero-order valence-corrected chi connectivity index (χ0v) is 16.1. The molecule has 5 rings (SSSR count). The zero-order valence-electron chi connectivity index (χ0n) is 16.1. The zero-order chi connectivity index (χ0) is 21.8. The van der Waals surface area contributed by atoms with Gasteiger partial charge in [-0.15, -0.1) is 15.3 Å². The van der Waals surface area contributed by atoms with Crippen LogP contribution < -0.4 is 4.90 Å². The minimum Gasteiger partial charge on any atom is -0.413 e. The summed E-state index contributed by atoms with van der Waals surface area (Å²) in [6.45, 7) is 0.670.